The standard InChI is InChI=1S/C20H28N4O/c1-23-13-5-6-15(14-23)19-18-7-3-4-12-21-20(18)24(22-19)16-8-10-17(25-2)11-9-16/h8-11,15,21H,3-7,12-14H2,1-2H3. The number of aromatic nitrogens is 2. The number of hydrogen-bond acceptors (Lipinski definition) is 4. The number of hydrogen-bond donors (Lipinski definition) is 1. The highest BCUT2D eigenvalue weighted by atomic mass is 16.5. The third kappa shape index (κ3) is 3.25. The van der Waals surface area contributed by atoms with Gasteiger partial charge in [0, 0.05) is 24.6 Å². The summed E-state index contributed by atoms with van der Waals surface area (Å²) in [5.74, 6) is 2.63. The topological polar surface area (TPSA) is 42.3 Å². The van der Waals surface area contributed by atoms with Crippen LogP contribution in [0.25, 0.3) is 5.69 Å². The van der Waals surface area contributed by atoms with Crippen LogP contribution < -0.4 is 10.1 Å². The summed E-state index contributed by atoms with van der Waals surface area (Å²) in [6, 6.07) is 8.20. The summed E-state index contributed by atoms with van der Waals surface area (Å²) in [6.45, 7) is 3.35. The molecule has 0 amide bonds. The minimum absolute atomic E-state index is 0.548. The Labute approximate surface area is 150 Å². The molecule has 1 fully saturated rings. The molecule has 0 bridgehead atoms. The minimum atomic E-state index is 0.548. The van der Waals surface area contributed by atoms with Gasteiger partial charge in [0.05, 0.1) is 18.5 Å². The monoisotopic (exact) mass is 340 g/mol. The second-order valence-electron chi connectivity index (χ2n) is 7.31. The molecule has 0 saturated carbocycles. The zero-order valence-electron chi connectivity index (χ0n) is 15.3. The van der Waals surface area contributed by atoms with Crippen LogP contribution in [-0.4, -0.2) is 48.5 Å². The van der Waals surface area contributed by atoms with Crippen molar-refractivity contribution in [2.45, 2.75) is 38.0 Å². The first-order valence-corrected chi connectivity index (χ1v) is 9.45. The van der Waals surface area contributed by atoms with Crippen molar-refractivity contribution in [1.82, 2.24) is 14.7 Å². The molecule has 1 N–H and O–H groups in total. The number of fused-ring (bicyclic) bond motifs is 1. The molecule has 3 heterocycles. The largest absolute Gasteiger partial charge is 0.497 e. The molecule has 5 heteroatoms. The molecule has 5 nitrogen and oxygen atoms in total. The van der Waals surface area contributed by atoms with Crippen molar-refractivity contribution in [2.75, 3.05) is 39.1 Å². The molecule has 1 saturated heterocycles. The van der Waals surface area contributed by atoms with Gasteiger partial charge in [-0.1, -0.05) is 0 Å². The van der Waals surface area contributed by atoms with Crippen LogP contribution in [0.2, 0.25) is 0 Å². The van der Waals surface area contributed by atoms with E-state index in [4.69, 9.17) is 9.84 Å². The lowest BCUT2D eigenvalue weighted by Gasteiger charge is -2.29. The van der Waals surface area contributed by atoms with Gasteiger partial charge in [-0.3, -0.25) is 0 Å². The van der Waals surface area contributed by atoms with Gasteiger partial charge in [0.2, 0.25) is 0 Å². The molecule has 25 heavy (non-hydrogen) atoms. The van der Waals surface area contributed by atoms with E-state index in [0.29, 0.717) is 5.92 Å². The highest BCUT2D eigenvalue weighted by molar-refractivity contribution is 5.55. The van der Waals surface area contributed by atoms with Crippen LogP contribution in [0.5, 0.6) is 5.75 Å². The van der Waals surface area contributed by atoms with Crippen molar-refractivity contribution in [3.63, 3.8) is 0 Å². The molecule has 2 aromatic rings. The van der Waals surface area contributed by atoms with Gasteiger partial charge in [-0.05, 0) is 70.0 Å². The summed E-state index contributed by atoms with van der Waals surface area (Å²) < 4.78 is 7.41. The zero-order chi connectivity index (χ0) is 17.2. The van der Waals surface area contributed by atoms with Crippen molar-refractivity contribution in [1.29, 1.82) is 0 Å². The first kappa shape index (κ1) is 16.5. The third-order valence-corrected chi connectivity index (χ3v) is 5.49. The molecule has 4 rings (SSSR count). The van der Waals surface area contributed by atoms with E-state index >= 15 is 0 Å². The van der Waals surface area contributed by atoms with E-state index in [1.807, 2.05) is 12.1 Å². The van der Waals surface area contributed by atoms with Gasteiger partial charge < -0.3 is 15.0 Å². The van der Waals surface area contributed by atoms with Gasteiger partial charge >= 0.3 is 0 Å². The molecule has 0 aliphatic carbocycles. The SMILES string of the molecule is COc1ccc(-n2nc(C3CCCN(C)C3)c3c2NCCCC3)cc1. The van der Waals surface area contributed by atoms with Crippen LogP contribution in [-0.2, 0) is 6.42 Å². The number of likely N-dealkylation sites (tertiary alicyclic amines) is 1. The van der Waals surface area contributed by atoms with E-state index in [-0.39, 0.29) is 0 Å². The number of nitrogens with zero attached hydrogens (tertiary/aromatic N) is 3. The summed E-state index contributed by atoms with van der Waals surface area (Å²) >= 11 is 0. The Kier molecular flexibility index (Phi) is 4.66. The van der Waals surface area contributed by atoms with E-state index < -0.39 is 0 Å². The molecule has 1 unspecified atom stereocenters. The molecule has 2 aliphatic heterocycles. The lowest BCUT2D eigenvalue weighted by Crippen LogP contribution is -2.31. The highest BCUT2D eigenvalue weighted by Crippen LogP contribution is 2.35. The second-order valence-corrected chi connectivity index (χ2v) is 7.31. The smallest absolute Gasteiger partial charge is 0.133 e. The number of methoxy groups -OCH3 is 1. The number of rotatable bonds is 3. The second kappa shape index (κ2) is 7.08. The third-order valence-electron chi connectivity index (χ3n) is 5.49. The lowest BCUT2D eigenvalue weighted by atomic mass is 9.91. The van der Waals surface area contributed by atoms with Gasteiger partial charge in [0.1, 0.15) is 11.6 Å². The van der Waals surface area contributed by atoms with Gasteiger partial charge in [0.25, 0.3) is 0 Å². The Morgan fingerprint density at radius 1 is 1.16 bits per heavy atom. The number of nitrogens with one attached hydrogen (secondary N) is 1. The quantitative estimate of drug-likeness (QED) is 0.929. The Balaban J connectivity index is 1.75. The summed E-state index contributed by atoms with van der Waals surface area (Å²) in [4.78, 5) is 2.44. The number of piperidine rings is 1. The van der Waals surface area contributed by atoms with Crippen molar-refractivity contribution in [3.05, 3.63) is 35.5 Å². The highest BCUT2D eigenvalue weighted by Gasteiger charge is 2.28. The van der Waals surface area contributed by atoms with Crippen LogP contribution >= 0.6 is 0 Å². The lowest BCUT2D eigenvalue weighted by molar-refractivity contribution is 0.247. The van der Waals surface area contributed by atoms with Crippen molar-refractivity contribution in [2.24, 2.45) is 0 Å². The van der Waals surface area contributed by atoms with Crippen LogP contribution in [0.1, 0.15) is 42.9 Å². The molecule has 0 radical (unpaired) electrons. The maximum absolute atomic E-state index is 5.30. The molecule has 134 valence electrons. The minimum Gasteiger partial charge on any atom is -0.497 e. The van der Waals surface area contributed by atoms with Crippen molar-refractivity contribution >= 4 is 5.82 Å². The average molecular weight is 340 g/mol. The Morgan fingerprint density at radius 3 is 2.76 bits per heavy atom. The number of anilines is 1. The van der Waals surface area contributed by atoms with Gasteiger partial charge in [-0.2, -0.15) is 5.10 Å². The summed E-state index contributed by atoms with van der Waals surface area (Å²) in [5, 5.41) is 8.75. The number of likely N-dealkylation sites (N-methyl/N-ethyl adjacent to an activating group) is 1. The molecular formula is C20H28N4O. The molecular weight excluding hydrogens is 312 g/mol. The zero-order valence-corrected chi connectivity index (χ0v) is 15.3. The first-order chi connectivity index (χ1) is 12.3. The average Bonchev–Trinajstić information content (AvgIpc) is 2.83. The van der Waals surface area contributed by atoms with Crippen LogP contribution in [0.4, 0.5) is 5.82 Å². The fourth-order valence-electron chi connectivity index (χ4n) is 4.16. The van der Waals surface area contributed by atoms with Gasteiger partial charge in [-0.25, -0.2) is 4.68 Å². The van der Waals surface area contributed by atoms with Crippen molar-refractivity contribution < 1.29 is 4.74 Å². The first-order valence-electron chi connectivity index (χ1n) is 9.45. The molecule has 2 aliphatic rings. The molecule has 1 atom stereocenters. The normalized spacial score (nSPS) is 21.3. The van der Waals surface area contributed by atoms with E-state index in [1.165, 1.54) is 49.3 Å². The fourth-order valence-corrected chi connectivity index (χ4v) is 4.16. The number of ether oxygens (including phenoxy) is 1. The maximum atomic E-state index is 5.30. The Hall–Kier alpha value is -2.01. The summed E-state index contributed by atoms with van der Waals surface area (Å²) in [5.41, 5.74) is 3.85. The molecule has 1 aromatic heterocycles. The summed E-state index contributed by atoms with van der Waals surface area (Å²) in [6.07, 6.45) is 6.11. The van der Waals surface area contributed by atoms with Crippen LogP contribution in [0, 0.1) is 0 Å². The van der Waals surface area contributed by atoms with E-state index in [1.54, 1.807) is 7.11 Å². The Bertz CT molecular complexity index is 722. The predicted molar refractivity (Wildman–Crippen MR) is 101 cm³/mol. The van der Waals surface area contributed by atoms with E-state index in [0.717, 1.165) is 30.9 Å². The predicted octanol–water partition coefficient (Wildman–Crippen LogP) is 3.44. The van der Waals surface area contributed by atoms with E-state index in [9.17, 15) is 0 Å². The van der Waals surface area contributed by atoms with Gasteiger partial charge in [-0.15, -0.1) is 0 Å². The van der Waals surface area contributed by atoms with Gasteiger partial charge in [0.15, 0.2) is 0 Å². The number of benzene rings is 1. The summed E-state index contributed by atoms with van der Waals surface area (Å²) in [7, 11) is 3.93. The van der Waals surface area contributed by atoms with Crippen LogP contribution in [0.3, 0.4) is 0 Å². The molecule has 0 spiro atoms. The van der Waals surface area contributed by atoms with Crippen molar-refractivity contribution in [3.8, 4) is 11.4 Å². The van der Waals surface area contributed by atoms with Crippen LogP contribution in [0.15, 0.2) is 24.3 Å². The van der Waals surface area contributed by atoms with E-state index in [2.05, 4.69) is 34.1 Å². The molecule has 1 aromatic carbocycles. The maximum Gasteiger partial charge on any atom is 0.133 e. The fraction of sp³-hybridized carbons (Fsp3) is 0.550. The Morgan fingerprint density at radius 2 is 2.00 bits per heavy atom.